The molecule has 2 aromatic carbocycles. The first-order chi connectivity index (χ1) is 17.1. The van der Waals surface area contributed by atoms with Gasteiger partial charge in [0.25, 0.3) is 0 Å². The largest absolute Gasteiger partial charge is 0.485 e. The first-order valence-electron chi connectivity index (χ1n) is 11.6. The van der Waals surface area contributed by atoms with E-state index < -0.39 is 6.17 Å². The van der Waals surface area contributed by atoms with Crippen LogP contribution in [0.15, 0.2) is 59.2 Å². The Morgan fingerprint density at radius 1 is 1.31 bits per heavy atom. The number of furan rings is 1. The number of nitrogens with one attached hydrogen (secondary N) is 1. The predicted molar refractivity (Wildman–Crippen MR) is 126 cm³/mol. The summed E-state index contributed by atoms with van der Waals surface area (Å²) in [4.78, 5) is 17.2. The van der Waals surface area contributed by atoms with Crippen LogP contribution in [0, 0.1) is 0 Å². The Bertz CT molecular complexity index is 1280. The SMILES string of the molecule is CN(C(=O)Cc1occ2ccccc12)C(CN1CCC(F)C1)c1cccc(OCc2nn[nH]n2)c1. The maximum atomic E-state index is 13.9. The highest BCUT2D eigenvalue weighted by Crippen LogP contribution is 2.28. The minimum Gasteiger partial charge on any atom is -0.485 e. The molecule has 0 aliphatic carbocycles. The summed E-state index contributed by atoms with van der Waals surface area (Å²) in [5.41, 5.74) is 0.901. The topological polar surface area (TPSA) is 100 Å². The third kappa shape index (κ3) is 5.32. The van der Waals surface area contributed by atoms with E-state index in [0.29, 0.717) is 43.4 Å². The van der Waals surface area contributed by atoms with Gasteiger partial charge in [-0.15, -0.1) is 10.2 Å². The number of tetrazole rings is 1. The molecule has 0 spiro atoms. The lowest BCUT2D eigenvalue weighted by Crippen LogP contribution is -2.39. The van der Waals surface area contributed by atoms with Crippen molar-refractivity contribution in [3.8, 4) is 5.75 Å². The maximum absolute atomic E-state index is 13.9. The second kappa shape index (κ2) is 10.2. The number of hydrogen-bond acceptors (Lipinski definition) is 7. The molecular formula is C25H27FN6O3. The number of hydrogen-bond donors (Lipinski definition) is 1. The first kappa shape index (κ1) is 23.0. The first-order valence-corrected chi connectivity index (χ1v) is 11.6. The van der Waals surface area contributed by atoms with E-state index in [4.69, 9.17) is 9.15 Å². The molecule has 3 heterocycles. The summed E-state index contributed by atoms with van der Waals surface area (Å²) < 4.78 is 25.4. The van der Waals surface area contributed by atoms with Gasteiger partial charge in [-0.1, -0.05) is 41.6 Å². The smallest absolute Gasteiger partial charge is 0.230 e. The summed E-state index contributed by atoms with van der Waals surface area (Å²) in [5, 5.41) is 15.6. The fourth-order valence-corrected chi connectivity index (χ4v) is 4.47. The van der Waals surface area contributed by atoms with Crippen LogP contribution in [0.5, 0.6) is 5.75 Å². The molecule has 1 aliphatic rings. The number of amides is 1. The van der Waals surface area contributed by atoms with E-state index in [-0.39, 0.29) is 25.0 Å². The monoisotopic (exact) mass is 478 g/mol. The number of carbonyl (C=O) groups excluding carboxylic acids is 1. The lowest BCUT2D eigenvalue weighted by Gasteiger charge is -2.32. The third-order valence-electron chi connectivity index (χ3n) is 6.41. The molecule has 1 N–H and O–H groups in total. The molecule has 1 saturated heterocycles. The van der Waals surface area contributed by atoms with E-state index in [1.54, 1.807) is 18.2 Å². The highest BCUT2D eigenvalue weighted by Gasteiger charge is 2.29. The molecule has 0 bridgehead atoms. The highest BCUT2D eigenvalue weighted by molar-refractivity contribution is 5.88. The number of alkyl halides is 1. The molecule has 5 rings (SSSR count). The quantitative estimate of drug-likeness (QED) is 0.394. The Balaban J connectivity index is 1.36. The molecule has 35 heavy (non-hydrogen) atoms. The Morgan fingerprint density at radius 2 is 2.20 bits per heavy atom. The van der Waals surface area contributed by atoms with Crippen LogP contribution in [-0.2, 0) is 17.8 Å². The lowest BCUT2D eigenvalue weighted by atomic mass is 10.0. The molecule has 10 heteroatoms. The summed E-state index contributed by atoms with van der Waals surface area (Å²) >= 11 is 0. The minimum atomic E-state index is -0.837. The van der Waals surface area contributed by atoms with Crippen molar-refractivity contribution in [2.45, 2.75) is 31.7 Å². The molecule has 9 nitrogen and oxygen atoms in total. The summed E-state index contributed by atoms with van der Waals surface area (Å²) in [5.74, 6) is 1.62. The molecule has 182 valence electrons. The normalized spacial score (nSPS) is 17.0. The molecule has 1 aliphatic heterocycles. The lowest BCUT2D eigenvalue weighted by molar-refractivity contribution is -0.132. The van der Waals surface area contributed by atoms with E-state index in [0.717, 1.165) is 16.3 Å². The highest BCUT2D eigenvalue weighted by atomic mass is 19.1. The number of aromatic amines is 1. The minimum absolute atomic E-state index is 0.0794. The van der Waals surface area contributed by atoms with Gasteiger partial charge < -0.3 is 14.1 Å². The van der Waals surface area contributed by atoms with Crippen LogP contribution in [0.25, 0.3) is 10.8 Å². The number of nitrogens with zero attached hydrogens (tertiary/aromatic N) is 5. The van der Waals surface area contributed by atoms with Crippen molar-refractivity contribution in [3.63, 3.8) is 0 Å². The number of likely N-dealkylation sites (N-methyl/N-ethyl adjacent to an activating group) is 1. The van der Waals surface area contributed by atoms with Crippen LogP contribution < -0.4 is 4.74 Å². The molecule has 2 aromatic heterocycles. The van der Waals surface area contributed by atoms with Crippen molar-refractivity contribution in [2.75, 3.05) is 26.7 Å². The molecule has 2 unspecified atom stereocenters. The van der Waals surface area contributed by atoms with Crippen LogP contribution in [0.2, 0.25) is 0 Å². The van der Waals surface area contributed by atoms with Crippen molar-refractivity contribution in [2.24, 2.45) is 0 Å². The van der Waals surface area contributed by atoms with Crippen molar-refractivity contribution in [1.29, 1.82) is 0 Å². The Morgan fingerprint density at radius 3 is 3.00 bits per heavy atom. The fourth-order valence-electron chi connectivity index (χ4n) is 4.47. The summed E-state index contributed by atoms with van der Waals surface area (Å²) in [6.07, 6.45) is 1.48. The van der Waals surface area contributed by atoms with Crippen LogP contribution in [0.1, 0.15) is 29.6 Å². The second-order valence-electron chi connectivity index (χ2n) is 8.78. The van der Waals surface area contributed by atoms with Gasteiger partial charge in [0.1, 0.15) is 17.7 Å². The van der Waals surface area contributed by atoms with Gasteiger partial charge in [-0.2, -0.15) is 5.21 Å². The summed E-state index contributed by atoms with van der Waals surface area (Å²) in [6, 6.07) is 15.1. The average molecular weight is 479 g/mol. The number of ether oxygens (including phenoxy) is 1. The second-order valence-corrected chi connectivity index (χ2v) is 8.78. The van der Waals surface area contributed by atoms with Gasteiger partial charge >= 0.3 is 0 Å². The van der Waals surface area contributed by atoms with E-state index in [1.165, 1.54) is 0 Å². The van der Waals surface area contributed by atoms with Crippen LogP contribution in [-0.4, -0.2) is 69.2 Å². The van der Waals surface area contributed by atoms with Crippen molar-refractivity contribution < 1.29 is 18.3 Å². The summed E-state index contributed by atoms with van der Waals surface area (Å²) in [7, 11) is 1.79. The number of rotatable bonds is 9. The zero-order valence-electron chi connectivity index (χ0n) is 19.4. The maximum Gasteiger partial charge on any atom is 0.230 e. The van der Waals surface area contributed by atoms with Crippen molar-refractivity contribution in [1.82, 2.24) is 30.4 Å². The van der Waals surface area contributed by atoms with Gasteiger partial charge in [0.05, 0.1) is 18.7 Å². The van der Waals surface area contributed by atoms with Gasteiger partial charge in [-0.25, -0.2) is 4.39 Å². The Labute approximate surface area is 201 Å². The zero-order valence-corrected chi connectivity index (χ0v) is 19.4. The molecule has 4 aromatic rings. The van der Waals surface area contributed by atoms with E-state index in [9.17, 15) is 9.18 Å². The van der Waals surface area contributed by atoms with E-state index in [2.05, 4.69) is 25.5 Å². The molecule has 1 amide bonds. The van der Waals surface area contributed by atoms with Gasteiger partial charge in [0.15, 0.2) is 6.61 Å². The number of carbonyl (C=O) groups is 1. The number of halogens is 1. The predicted octanol–water partition coefficient (Wildman–Crippen LogP) is 3.31. The number of aromatic nitrogens is 4. The molecule has 0 radical (unpaired) electrons. The van der Waals surface area contributed by atoms with Gasteiger partial charge in [0, 0.05) is 37.5 Å². The molecule has 1 fully saturated rings. The van der Waals surface area contributed by atoms with Crippen LogP contribution >= 0.6 is 0 Å². The van der Waals surface area contributed by atoms with Crippen molar-refractivity contribution >= 4 is 16.7 Å². The molecule has 2 atom stereocenters. The molecule has 0 saturated carbocycles. The number of likely N-dealkylation sites (tertiary alicyclic amines) is 1. The Kier molecular flexibility index (Phi) is 6.71. The van der Waals surface area contributed by atoms with E-state index in [1.807, 2.05) is 48.5 Å². The molecular weight excluding hydrogens is 451 g/mol. The summed E-state index contributed by atoms with van der Waals surface area (Å²) in [6.45, 7) is 1.72. The zero-order chi connectivity index (χ0) is 24.2. The van der Waals surface area contributed by atoms with Gasteiger partial charge in [-0.3, -0.25) is 9.69 Å². The average Bonchev–Trinajstić information content (AvgIpc) is 3.63. The van der Waals surface area contributed by atoms with Crippen LogP contribution in [0.4, 0.5) is 4.39 Å². The number of H-pyrrole nitrogens is 1. The van der Waals surface area contributed by atoms with Crippen molar-refractivity contribution in [3.05, 3.63) is 71.9 Å². The van der Waals surface area contributed by atoms with Gasteiger partial charge in [-0.05, 0) is 24.1 Å². The Hall–Kier alpha value is -3.79. The third-order valence-corrected chi connectivity index (χ3v) is 6.41. The standard InChI is InChI=1S/C25H27FN6O3/c1-31(25(33)12-23-21-8-3-2-5-18(21)15-35-23)22(14-32-10-9-19(26)13-32)17-6-4-7-20(11-17)34-16-24-27-29-30-28-24/h2-8,11,15,19,22H,9-10,12-14,16H2,1H3,(H,27,28,29,30). The van der Waals surface area contributed by atoms with E-state index >= 15 is 0 Å². The fraction of sp³-hybridized carbons (Fsp3) is 0.360. The van der Waals surface area contributed by atoms with Gasteiger partial charge in [0.2, 0.25) is 11.7 Å². The number of benzene rings is 2. The van der Waals surface area contributed by atoms with Crippen LogP contribution in [0.3, 0.4) is 0 Å². The number of fused-ring (bicyclic) bond motifs is 1.